The summed E-state index contributed by atoms with van der Waals surface area (Å²) in [5.41, 5.74) is 6.66. The maximum atomic E-state index is 5.62. The molecule has 14 heavy (non-hydrogen) atoms. The first-order valence-electron chi connectivity index (χ1n) is 4.50. The fourth-order valence-electron chi connectivity index (χ4n) is 1.17. The van der Waals surface area contributed by atoms with Crippen molar-refractivity contribution >= 4 is 17.6 Å². The van der Waals surface area contributed by atoms with E-state index in [0.29, 0.717) is 6.54 Å². The van der Waals surface area contributed by atoms with Crippen molar-refractivity contribution in [2.45, 2.75) is 6.54 Å². The highest BCUT2D eigenvalue weighted by molar-refractivity contribution is 7.98. The smallest absolute Gasteiger partial charge is 0.155 e. The Balaban J connectivity index is 2.72. The number of aromatic nitrogens is 2. The van der Waals surface area contributed by atoms with E-state index in [2.05, 4.69) is 21.4 Å². The van der Waals surface area contributed by atoms with Gasteiger partial charge in [0.15, 0.2) is 5.82 Å². The summed E-state index contributed by atoms with van der Waals surface area (Å²) in [5.74, 6) is 1.97. The van der Waals surface area contributed by atoms with Gasteiger partial charge in [0.05, 0.1) is 6.20 Å². The largest absolute Gasteiger partial charge is 0.357 e. The van der Waals surface area contributed by atoms with E-state index in [-0.39, 0.29) is 0 Å². The Morgan fingerprint density at radius 2 is 2.36 bits per heavy atom. The van der Waals surface area contributed by atoms with E-state index in [0.717, 1.165) is 23.7 Å². The maximum Gasteiger partial charge on any atom is 0.155 e. The lowest BCUT2D eigenvalue weighted by atomic mass is 10.2. The Morgan fingerprint density at radius 1 is 1.57 bits per heavy atom. The molecule has 1 aromatic rings. The fourth-order valence-corrected chi connectivity index (χ4v) is 1.62. The van der Waals surface area contributed by atoms with Gasteiger partial charge in [-0.15, -0.1) is 5.10 Å². The molecule has 0 saturated heterocycles. The molecule has 0 aromatic carbocycles. The highest BCUT2D eigenvalue weighted by atomic mass is 32.2. The van der Waals surface area contributed by atoms with Gasteiger partial charge in [-0.1, -0.05) is 0 Å². The number of hydrogen-bond acceptors (Lipinski definition) is 5. The molecule has 0 unspecified atom stereocenters. The van der Waals surface area contributed by atoms with Gasteiger partial charge in [-0.05, 0) is 12.3 Å². The Kier molecular flexibility index (Phi) is 4.69. The van der Waals surface area contributed by atoms with Crippen LogP contribution in [-0.2, 0) is 6.54 Å². The molecule has 1 rings (SSSR count). The van der Waals surface area contributed by atoms with Gasteiger partial charge in [-0.25, -0.2) is 0 Å². The minimum Gasteiger partial charge on any atom is -0.357 e. The number of nitrogens with two attached hydrogens (primary N) is 1. The first-order chi connectivity index (χ1) is 6.79. The third-order valence-corrected chi connectivity index (χ3v) is 2.59. The molecule has 0 aliphatic heterocycles. The Morgan fingerprint density at radius 3 is 3.00 bits per heavy atom. The third kappa shape index (κ3) is 2.85. The second-order valence-electron chi connectivity index (χ2n) is 3.00. The molecular weight excluding hydrogens is 196 g/mol. The summed E-state index contributed by atoms with van der Waals surface area (Å²) < 4.78 is 0. The summed E-state index contributed by atoms with van der Waals surface area (Å²) >= 11 is 1.82. The van der Waals surface area contributed by atoms with Crippen molar-refractivity contribution < 1.29 is 0 Å². The molecule has 2 N–H and O–H groups in total. The van der Waals surface area contributed by atoms with Gasteiger partial charge >= 0.3 is 0 Å². The second kappa shape index (κ2) is 5.82. The molecule has 0 fully saturated rings. The molecule has 0 spiro atoms. The van der Waals surface area contributed by atoms with Gasteiger partial charge in [-0.3, -0.25) is 0 Å². The summed E-state index contributed by atoms with van der Waals surface area (Å²) in [6.45, 7) is 1.47. The van der Waals surface area contributed by atoms with Crippen molar-refractivity contribution in [1.29, 1.82) is 0 Å². The monoisotopic (exact) mass is 212 g/mol. The number of anilines is 1. The van der Waals surface area contributed by atoms with E-state index in [1.165, 1.54) is 0 Å². The summed E-state index contributed by atoms with van der Waals surface area (Å²) in [7, 11) is 2.01. The van der Waals surface area contributed by atoms with Crippen LogP contribution < -0.4 is 10.6 Å². The number of hydrogen-bond donors (Lipinski definition) is 1. The van der Waals surface area contributed by atoms with Crippen LogP contribution in [0.3, 0.4) is 0 Å². The maximum absolute atomic E-state index is 5.62. The lowest BCUT2D eigenvalue weighted by Crippen LogP contribution is -2.23. The summed E-state index contributed by atoms with van der Waals surface area (Å²) in [4.78, 5) is 2.09. The van der Waals surface area contributed by atoms with E-state index in [4.69, 9.17) is 5.73 Å². The number of thioether (sulfide) groups is 1. The average Bonchev–Trinajstić information content (AvgIpc) is 2.25. The van der Waals surface area contributed by atoms with Gasteiger partial charge in [0.25, 0.3) is 0 Å². The second-order valence-corrected chi connectivity index (χ2v) is 3.98. The highest BCUT2D eigenvalue weighted by Gasteiger charge is 2.07. The predicted molar refractivity (Wildman–Crippen MR) is 61.6 cm³/mol. The first kappa shape index (κ1) is 11.3. The molecule has 1 heterocycles. The lowest BCUT2D eigenvalue weighted by Gasteiger charge is -2.19. The molecule has 0 atom stereocenters. The lowest BCUT2D eigenvalue weighted by molar-refractivity contribution is 0.871. The molecule has 0 radical (unpaired) electrons. The van der Waals surface area contributed by atoms with Gasteiger partial charge < -0.3 is 10.6 Å². The molecule has 0 amide bonds. The van der Waals surface area contributed by atoms with E-state index >= 15 is 0 Å². The summed E-state index contributed by atoms with van der Waals surface area (Å²) in [5, 5.41) is 7.96. The van der Waals surface area contributed by atoms with E-state index in [1.807, 2.05) is 24.9 Å². The van der Waals surface area contributed by atoms with E-state index < -0.39 is 0 Å². The van der Waals surface area contributed by atoms with Gasteiger partial charge in [0, 0.05) is 31.5 Å². The molecule has 4 nitrogen and oxygen atoms in total. The van der Waals surface area contributed by atoms with Crippen molar-refractivity contribution in [3.63, 3.8) is 0 Å². The van der Waals surface area contributed by atoms with Crippen LogP contribution in [0.5, 0.6) is 0 Å². The van der Waals surface area contributed by atoms with Crippen LogP contribution >= 0.6 is 11.8 Å². The SMILES string of the molecule is CSCCN(C)c1nnccc1CN. The van der Waals surface area contributed by atoms with Crippen molar-refractivity contribution in [1.82, 2.24) is 10.2 Å². The highest BCUT2D eigenvalue weighted by Crippen LogP contribution is 2.13. The summed E-state index contributed by atoms with van der Waals surface area (Å²) in [6.07, 6.45) is 3.77. The average molecular weight is 212 g/mol. The normalized spacial score (nSPS) is 10.2. The van der Waals surface area contributed by atoms with Crippen molar-refractivity contribution in [3.05, 3.63) is 17.8 Å². The topological polar surface area (TPSA) is 55.0 Å². The molecular formula is C9H16N4S. The van der Waals surface area contributed by atoms with Crippen LogP contribution in [0.4, 0.5) is 5.82 Å². The Bertz CT molecular complexity index is 279. The standard InChI is InChI=1S/C9H16N4S/c1-13(5-6-14-2)9-8(7-10)3-4-11-12-9/h3-4H,5-7,10H2,1-2H3. The number of rotatable bonds is 5. The molecule has 0 bridgehead atoms. The van der Waals surface area contributed by atoms with Gasteiger partial charge in [-0.2, -0.15) is 16.9 Å². The Hall–Kier alpha value is -0.810. The van der Waals surface area contributed by atoms with Crippen LogP contribution in [-0.4, -0.2) is 35.8 Å². The summed E-state index contributed by atoms with van der Waals surface area (Å²) in [6, 6.07) is 1.91. The molecule has 0 saturated carbocycles. The van der Waals surface area contributed by atoms with Crippen molar-refractivity contribution in [2.24, 2.45) is 5.73 Å². The van der Waals surface area contributed by atoms with E-state index in [1.54, 1.807) is 6.20 Å². The third-order valence-electron chi connectivity index (χ3n) is 1.99. The molecule has 5 heteroatoms. The molecule has 0 aliphatic rings. The zero-order valence-electron chi connectivity index (χ0n) is 8.60. The Labute approximate surface area is 88.9 Å². The van der Waals surface area contributed by atoms with Crippen LogP contribution in [0.15, 0.2) is 12.3 Å². The van der Waals surface area contributed by atoms with Crippen LogP contribution in [0, 0.1) is 0 Å². The van der Waals surface area contributed by atoms with Crippen molar-refractivity contribution in [3.8, 4) is 0 Å². The first-order valence-corrected chi connectivity index (χ1v) is 5.89. The predicted octanol–water partition coefficient (Wildman–Crippen LogP) is 0.735. The molecule has 0 aliphatic carbocycles. The zero-order valence-corrected chi connectivity index (χ0v) is 9.42. The molecule has 1 aromatic heterocycles. The fraction of sp³-hybridized carbons (Fsp3) is 0.556. The van der Waals surface area contributed by atoms with Gasteiger partial charge in [0.1, 0.15) is 0 Å². The minimum absolute atomic E-state index is 0.508. The number of nitrogens with zero attached hydrogens (tertiary/aromatic N) is 3. The molecule has 78 valence electrons. The van der Waals surface area contributed by atoms with E-state index in [9.17, 15) is 0 Å². The van der Waals surface area contributed by atoms with Crippen LogP contribution in [0.25, 0.3) is 0 Å². The van der Waals surface area contributed by atoms with Gasteiger partial charge in [0.2, 0.25) is 0 Å². The van der Waals surface area contributed by atoms with Crippen LogP contribution in [0.1, 0.15) is 5.56 Å². The zero-order chi connectivity index (χ0) is 10.4. The minimum atomic E-state index is 0.508. The van der Waals surface area contributed by atoms with Crippen LogP contribution in [0.2, 0.25) is 0 Å². The quantitative estimate of drug-likeness (QED) is 0.780. The van der Waals surface area contributed by atoms with Crippen molar-refractivity contribution in [2.75, 3.05) is 30.5 Å².